The number of hydrogen-bond donors (Lipinski definition) is 2. The van der Waals surface area contributed by atoms with Crippen LogP contribution in [0.15, 0.2) is 76.2 Å². The van der Waals surface area contributed by atoms with Gasteiger partial charge in [-0.1, -0.05) is 24.3 Å². The van der Waals surface area contributed by atoms with Gasteiger partial charge in [-0.15, -0.1) is 11.8 Å². The Morgan fingerprint density at radius 2 is 1.70 bits per heavy atom. The molecule has 0 fully saturated rings. The van der Waals surface area contributed by atoms with Gasteiger partial charge in [0.25, 0.3) is 5.91 Å². The molecule has 0 aliphatic carbocycles. The average Bonchev–Trinajstić information content (AvgIpc) is 3.29. The summed E-state index contributed by atoms with van der Waals surface area (Å²) in [7, 11) is 3.98. The van der Waals surface area contributed by atoms with Gasteiger partial charge >= 0.3 is 0 Å². The van der Waals surface area contributed by atoms with Crippen molar-refractivity contribution >= 4 is 29.3 Å². The Morgan fingerprint density at radius 1 is 0.933 bits per heavy atom. The van der Waals surface area contributed by atoms with Gasteiger partial charge in [0.1, 0.15) is 5.76 Å². The molecule has 6 nitrogen and oxygen atoms in total. The number of thioether (sulfide) groups is 1. The topological polar surface area (TPSA) is 74.6 Å². The Morgan fingerprint density at radius 3 is 2.40 bits per heavy atom. The number of nitrogens with one attached hydrogen (secondary N) is 2. The molecule has 0 radical (unpaired) electrons. The Hall–Kier alpha value is -3.19. The van der Waals surface area contributed by atoms with Gasteiger partial charge in [-0.05, 0) is 42.0 Å². The van der Waals surface area contributed by atoms with Crippen LogP contribution in [0, 0.1) is 0 Å². The fraction of sp³-hybridized carbons (Fsp3) is 0.217. The molecule has 0 aliphatic heterocycles. The van der Waals surface area contributed by atoms with E-state index in [1.54, 1.807) is 24.5 Å². The molecule has 30 heavy (non-hydrogen) atoms. The number of furan rings is 1. The fourth-order valence-electron chi connectivity index (χ4n) is 2.76. The van der Waals surface area contributed by atoms with Crippen LogP contribution in [-0.2, 0) is 17.9 Å². The molecule has 0 atom stereocenters. The van der Waals surface area contributed by atoms with Crippen LogP contribution in [0.3, 0.4) is 0 Å². The first kappa shape index (κ1) is 21.5. The molecular weight excluding hydrogens is 398 g/mol. The molecule has 2 amide bonds. The number of nitrogens with zero attached hydrogens (tertiary/aromatic N) is 1. The molecule has 3 rings (SSSR count). The molecule has 2 aromatic carbocycles. The number of benzene rings is 2. The molecule has 7 heteroatoms. The molecule has 156 valence electrons. The van der Waals surface area contributed by atoms with E-state index in [0.29, 0.717) is 24.4 Å². The van der Waals surface area contributed by atoms with E-state index in [-0.39, 0.29) is 17.6 Å². The Labute approximate surface area is 180 Å². The molecule has 0 spiro atoms. The maximum Gasteiger partial charge on any atom is 0.252 e. The van der Waals surface area contributed by atoms with Crippen molar-refractivity contribution in [2.24, 2.45) is 0 Å². The summed E-state index contributed by atoms with van der Waals surface area (Å²) in [6.07, 6.45) is 1.57. The Kier molecular flexibility index (Phi) is 7.57. The van der Waals surface area contributed by atoms with Gasteiger partial charge in [-0.2, -0.15) is 0 Å². The van der Waals surface area contributed by atoms with Crippen molar-refractivity contribution in [1.29, 1.82) is 0 Å². The molecule has 3 aromatic rings. The smallest absolute Gasteiger partial charge is 0.252 e. The van der Waals surface area contributed by atoms with Crippen LogP contribution in [0.2, 0.25) is 0 Å². The molecule has 0 aliphatic rings. The second kappa shape index (κ2) is 10.5. The lowest BCUT2D eigenvalue weighted by Gasteiger charge is -2.13. The van der Waals surface area contributed by atoms with Crippen LogP contribution in [0.25, 0.3) is 0 Å². The average molecular weight is 424 g/mol. The summed E-state index contributed by atoms with van der Waals surface area (Å²) in [6, 6.07) is 18.9. The highest BCUT2D eigenvalue weighted by Crippen LogP contribution is 2.22. The van der Waals surface area contributed by atoms with E-state index < -0.39 is 0 Å². The zero-order valence-electron chi connectivity index (χ0n) is 17.1. The predicted molar refractivity (Wildman–Crippen MR) is 120 cm³/mol. The van der Waals surface area contributed by atoms with E-state index in [0.717, 1.165) is 16.1 Å². The van der Waals surface area contributed by atoms with Gasteiger partial charge in [0.2, 0.25) is 5.91 Å². The molecule has 1 aromatic heterocycles. The standard InChI is InChI=1S/C23H25N3O3S/c1-26(2)18-11-9-17(10-12-18)14-25-23(28)20-7-3-4-8-21(20)30-16-22(27)24-15-19-6-5-13-29-19/h3-13H,14-16H2,1-2H3,(H,24,27)(H,25,28). The van der Waals surface area contributed by atoms with Crippen molar-refractivity contribution in [2.75, 3.05) is 24.7 Å². The lowest BCUT2D eigenvalue weighted by atomic mass is 10.1. The van der Waals surface area contributed by atoms with Crippen molar-refractivity contribution in [1.82, 2.24) is 10.6 Å². The number of amides is 2. The molecule has 0 unspecified atom stereocenters. The molecule has 0 saturated heterocycles. The van der Waals surface area contributed by atoms with Crippen LogP contribution in [0.1, 0.15) is 21.7 Å². The summed E-state index contributed by atoms with van der Waals surface area (Å²) in [6.45, 7) is 0.788. The number of carbonyl (C=O) groups is 2. The first-order valence-electron chi connectivity index (χ1n) is 9.58. The summed E-state index contributed by atoms with van der Waals surface area (Å²) in [5, 5.41) is 5.76. The van der Waals surface area contributed by atoms with Crippen LogP contribution in [0.5, 0.6) is 0 Å². The predicted octanol–water partition coefficient (Wildman–Crippen LogP) is 3.68. The van der Waals surface area contributed by atoms with Crippen molar-refractivity contribution in [3.05, 3.63) is 83.8 Å². The first-order chi connectivity index (χ1) is 14.5. The highest BCUT2D eigenvalue weighted by Gasteiger charge is 2.13. The van der Waals surface area contributed by atoms with E-state index in [1.165, 1.54) is 11.8 Å². The Balaban J connectivity index is 1.53. The highest BCUT2D eigenvalue weighted by atomic mass is 32.2. The van der Waals surface area contributed by atoms with E-state index in [1.807, 2.05) is 61.5 Å². The van der Waals surface area contributed by atoms with Gasteiger partial charge < -0.3 is 20.0 Å². The summed E-state index contributed by atoms with van der Waals surface area (Å²) in [5.41, 5.74) is 2.69. The zero-order valence-corrected chi connectivity index (χ0v) is 17.9. The Bertz CT molecular complexity index is 970. The van der Waals surface area contributed by atoms with Crippen LogP contribution in [-0.4, -0.2) is 31.7 Å². The van der Waals surface area contributed by atoms with Gasteiger partial charge in [0.15, 0.2) is 0 Å². The maximum absolute atomic E-state index is 12.7. The summed E-state index contributed by atoms with van der Waals surface area (Å²) < 4.78 is 5.20. The van der Waals surface area contributed by atoms with E-state index in [2.05, 4.69) is 10.6 Å². The summed E-state index contributed by atoms with van der Waals surface area (Å²) >= 11 is 1.34. The fourth-order valence-corrected chi connectivity index (χ4v) is 3.64. The van der Waals surface area contributed by atoms with Crippen LogP contribution in [0.4, 0.5) is 5.69 Å². The monoisotopic (exact) mass is 423 g/mol. The van der Waals surface area contributed by atoms with Gasteiger partial charge in [0.05, 0.1) is 24.1 Å². The highest BCUT2D eigenvalue weighted by molar-refractivity contribution is 8.00. The summed E-state index contributed by atoms with van der Waals surface area (Å²) in [5.74, 6) is 0.641. The molecule has 2 N–H and O–H groups in total. The third-order valence-electron chi connectivity index (χ3n) is 4.44. The minimum atomic E-state index is -0.161. The first-order valence-corrected chi connectivity index (χ1v) is 10.6. The SMILES string of the molecule is CN(C)c1ccc(CNC(=O)c2ccccc2SCC(=O)NCc2ccco2)cc1. The van der Waals surface area contributed by atoms with E-state index in [4.69, 9.17) is 4.42 Å². The number of anilines is 1. The van der Waals surface area contributed by atoms with Crippen LogP contribution < -0.4 is 15.5 Å². The van der Waals surface area contributed by atoms with Crippen LogP contribution >= 0.6 is 11.8 Å². The third-order valence-corrected chi connectivity index (χ3v) is 5.51. The lowest BCUT2D eigenvalue weighted by Crippen LogP contribution is -2.25. The minimum absolute atomic E-state index is 0.118. The second-order valence-electron chi connectivity index (χ2n) is 6.88. The largest absolute Gasteiger partial charge is 0.467 e. The summed E-state index contributed by atoms with van der Waals surface area (Å²) in [4.78, 5) is 27.6. The molecule has 0 bridgehead atoms. The lowest BCUT2D eigenvalue weighted by molar-refractivity contribution is -0.118. The van der Waals surface area contributed by atoms with Gasteiger partial charge in [-0.3, -0.25) is 9.59 Å². The van der Waals surface area contributed by atoms with Crippen molar-refractivity contribution in [3.8, 4) is 0 Å². The second-order valence-corrected chi connectivity index (χ2v) is 7.90. The van der Waals surface area contributed by atoms with Crippen molar-refractivity contribution in [2.45, 2.75) is 18.0 Å². The minimum Gasteiger partial charge on any atom is -0.467 e. The van der Waals surface area contributed by atoms with E-state index >= 15 is 0 Å². The third kappa shape index (κ3) is 6.15. The molecular formula is C23H25N3O3S. The normalized spacial score (nSPS) is 10.5. The van der Waals surface area contributed by atoms with Gasteiger partial charge in [0, 0.05) is 31.2 Å². The van der Waals surface area contributed by atoms with Gasteiger partial charge in [-0.25, -0.2) is 0 Å². The number of hydrogen-bond acceptors (Lipinski definition) is 5. The van der Waals surface area contributed by atoms with Crippen molar-refractivity contribution < 1.29 is 14.0 Å². The molecule has 0 saturated carbocycles. The maximum atomic E-state index is 12.7. The van der Waals surface area contributed by atoms with E-state index in [9.17, 15) is 9.59 Å². The van der Waals surface area contributed by atoms with Crippen molar-refractivity contribution in [3.63, 3.8) is 0 Å². The number of rotatable bonds is 9. The zero-order chi connectivity index (χ0) is 21.3. The molecule has 1 heterocycles. The quantitative estimate of drug-likeness (QED) is 0.514. The number of carbonyl (C=O) groups excluding carboxylic acids is 2.